The smallest absolute Gasteiger partial charge is 0.171 e. The van der Waals surface area contributed by atoms with Crippen LogP contribution in [0.5, 0.6) is 0 Å². The van der Waals surface area contributed by atoms with Crippen molar-refractivity contribution in [2.45, 2.75) is 0 Å². The fraction of sp³-hybridized carbons (Fsp3) is 0. The first-order valence-electron chi connectivity index (χ1n) is 14.3. The fourth-order valence-electron chi connectivity index (χ4n) is 6.04. The summed E-state index contributed by atoms with van der Waals surface area (Å²) in [5, 5.41) is 6.16. The van der Waals surface area contributed by atoms with Crippen LogP contribution in [0, 0.1) is 0 Å². The summed E-state index contributed by atoms with van der Waals surface area (Å²) < 4.78 is 17.3. The molecule has 0 aliphatic rings. The molecule has 0 fully saturated rings. The third kappa shape index (κ3) is 4.32. The van der Waals surface area contributed by atoms with Gasteiger partial charge in [-0.3, -0.25) is 0 Å². The average molecular weight is 588 g/mol. The highest BCUT2D eigenvalue weighted by Gasteiger charge is 2.29. The summed E-state index contributed by atoms with van der Waals surface area (Å²) in [5.74, 6) is 0. The standard InChI is InChI=1S/C39H26NOPS/c41-42(30-14-6-2-7-15-30,31-16-8-3-9-17-31)32-23-20-27(21-24-32)29-22-25-35-34(26-29)37-33-18-10-11-19-36(33)43-39(37)38(40-35)28-12-4-1-5-13-28/h1-26H. The molecule has 0 aliphatic heterocycles. The molecule has 0 atom stereocenters. The van der Waals surface area contributed by atoms with Crippen molar-refractivity contribution in [3.05, 3.63) is 158 Å². The van der Waals surface area contributed by atoms with Gasteiger partial charge in [0, 0.05) is 42.3 Å². The molecule has 0 bridgehead atoms. The minimum Gasteiger partial charge on any atom is -0.309 e. The van der Waals surface area contributed by atoms with Gasteiger partial charge in [-0.2, -0.15) is 0 Å². The molecule has 0 spiro atoms. The number of benzene rings is 6. The lowest BCUT2D eigenvalue weighted by molar-refractivity contribution is 0.592. The second-order valence-electron chi connectivity index (χ2n) is 10.7. The number of nitrogens with zero attached hydrogens (tertiary/aromatic N) is 1. The Morgan fingerprint density at radius 3 is 1.72 bits per heavy atom. The molecule has 2 heterocycles. The van der Waals surface area contributed by atoms with Crippen molar-refractivity contribution in [3.8, 4) is 22.4 Å². The largest absolute Gasteiger partial charge is 0.309 e. The molecule has 0 amide bonds. The van der Waals surface area contributed by atoms with Gasteiger partial charge in [0.1, 0.15) is 0 Å². The third-order valence-corrected chi connectivity index (χ3v) is 12.4. The third-order valence-electron chi connectivity index (χ3n) is 8.16. The van der Waals surface area contributed by atoms with Crippen LogP contribution in [-0.4, -0.2) is 4.98 Å². The summed E-state index contributed by atoms with van der Waals surface area (Å²) in [6.07, 6.45) is 0. The highest BCUT2D eigenvalue weighted by atomic mass is 32.1. The molecular formula is C39H26NOPS. The van der Waals surface area contributed by atoms with E-state index < -0.39 is 7.14 Å². The highest BCUT2D eigenvalue weighted by molar-refractivity contribution is 7.85. The molecule has 8 rings (SSSR count). The van der Waals surface area contributed by atoms with E-state index in [1.54, 1.807) is 11.3 Å². The van der Waals surface area contributed by atoms with Crippen LogP contribution in [0.1, 0.15) is 0 Å². The van der Waals surface area contributed by atoms with Gasteiger partial charge in [-0.05, 0) is 29.3 Å². The second kappa shape index (κ2) is 10.5. The Hall–Kier alpha value is -4.82. The Kier molecular flexibility index (Phi) is 6.30. The topological polar surface area (TPSA) is 30.0 Å². The SMILES string of the molecule is O=P(c1ccccc1)(c1ccccc1)c1ccc(-c2ccc3nc(-c4ccccc4)c4sc5ccccc5c4c3c2)cc1. The number of fused-ring (bicyclic) bond motifs is 5. The van der Waals surface area contributed by atoms with Gasteiger partial charge in [0.05, 0.1) is 15.9 Å². The minimum absolute atomic E-state index is 0.829. The van der Waals surface area contributed by atoms with Gasteiger partial charge >= 0.3 is 0 Å². The van der Waals surface area contributed by atoms with E-state index in [9.17, 15) is 4.57 Å². The molecule has 0 saturated heterocycles. The number of pyridine rings is 1. The van der Waals surface area contributed by atoms with Crippen molar-refractivity contribution in [2.24, 2.45) is 0 Å². The van der Waals surface area contributed by atoms with Gasteiger partial charge in [0.2, 0.25) is 0 Å². The quantitative estimate of drug-likeness (QED) is 0.188. The molecule has 204 valence electrons. The summed E-state index contributed by atoms with van der Waals surface area (Å²) in [4.78, 5) is 5.19. The van der Waals surface area contributed by atoms with Crippen molar-refractivity contribution in [1.82, 2.24) is 4.98 Å². The zero-order valence-corrected chi connectivity index (χ0v) is 24.9. The lowest BCUT2D eigenvalue weighted by atomic mass is 9.99. The van der Waals surface area contributed by atoms with E-state index in [0.29, 0.717) is 0 Å². The predicted molar refractivity (Wildman–Crippen MR) is 185 cm³/mol. The molecule has 0 unspecified atom stereocenters. The minimum atomic E-state index is -3.02. The summed E-state index contributed by atoms with van der Waals surface area (Å²) in [7, 11) is -3.02. The Morgan fingerprint density at radius 2 is 1.05 bits per heavy atom. The first kappa shape index (κ1) is 25.9. The normalized spacial score (nSPS) is 11.8. The molecule has 8 aromatic rings. The lowest BCUT2D eigenvalue weighted by Gasteiger charge is -2.20. The highest BCUT2D eigenvalue weighted by Crippen LogP contribution is 2.44. The van der Waals surface area contributed by atoms with E-state index in [0.717, 1.165) is 49.2 Å². The summed E-state index contributed by atoms with van der Waals surface area (Å²) in [6, 6.07) is 53.6. The molecule has 0 aliphatic carbocycles. The van der Waals surface area contributed by atoms with E-state index in [-0.39, 0.29) is 0 Å². The van der Waals surface area contributed by atoms with Crippen LogP contribution in [0.15, 0.2) is 158 Å². The molecule has 6 aromatic carbocycles. The van der Waals surface area contributed by atoms with E-state index in [2.05, 4.69) is 78.9 Å². The fourth-order valence-corrected chi connectivity index (χ4v) is 9.92. The van der Waals surface area contributed by atoms with Crippen LogP contribution < -0.4 is 15.9 Å². The molecule has 2 nitrogen and oxygen atoms in total. The maximum absolute atomic E-state index is 14.8. The Balaban J connectivity index is 1.29. The van der Waals surface area contributed by atoms with Crippen molar-refractivity contribution in [2.75, 3.05) is 0 Å². The van der Waals surface area contributed by atoms with E-state index in [1.807, 2.05) is 78.9 Å². The molecular weight excluding hydrogens is 561 g/mol. The van der Waals surface area contributed by atoms with Gasteiger partial charge in [-0.1, -0.05) is 140 Å². The number of hydrogen-bond donors (Lipinski definition) is 0. The molecule has 0 radical (unpaired) electrons. The zero-order chi connectivity index (χ0) is 28.8. The monoisotopic (exact) mass is 587 g/mol. The van der Waals surface area contributed by atoms with Crippen molar-refractivity contribution in [3.63, 3.8) is 0 Å². The molecule has 0 N–H and O–H groups in total. The van der Waals surface area contributed by atoms with Crippen LogP contribution >= 0.6 is 18.5 Å². The number of hydrogen-bond acceptors (Lipinski definition) is 3. The Bertz CT molecular complexity index is 2250. The van der Waals surface area contributed by atoms with E-state index in [4.69, 9.17) is 4.98 Å². The van der Waals surface area contributed by atoms with Gasteiger partial charge in [-0.15, -0.1) is 11.3 Å². The summed E-state index contributed by atoms with van der Waals surface area (Å²) >= 11 is 1.81. The van der Waals surface area contributed by atoms with Crippen LogP contribution in [0.25, 0.3) is 53.5 Å². The van der Waals surface area contributed by atoms with Crippen LogP contribution in [-0.2, 0) is 4.57 Å². The first-order chi connectivity index (χ1) is 21.2. The first-order valence-corrected chi connectivity index (χ1v) is 16.9. The molecule has 0 saturated carbocycles. The van der Waals surface area contributed by atoms with Gasteiger partial charge in [0.25, 0.3) is 0 Å². The van der Waals surface area contributed by atoms with Crippen LogP contribution in [0.2, 0.25) is 0 Å². The van der Waals surface area contributed by atoms with Crippen LogP contribution in [0.3, 0.4) is 0 Å². The number of rotatable bonds is 5. The Morgan fingerprint density at radius 1 is 0.488 bits per heavy atom. The number of thiophene rings is 1. The van der Waals surface area contributed by atoms with Crippen molar-refractivity contribution in [1.29, 1.82) is 0 Å². The Labute approximate surface area is 254 Å². The maximum Gasteiger partial charge on any atom is 0.171 e. The van der Waals surface area contributed by atoms with Crippen LogP contribution in [0.4, 0.5) is 0 Å². The molecule has 43 heavy (non-hydrogen) atoms. The van der Waals surface area contributed by atoms with Gasteiger partial charge in [-0.25, -0.2) is 4.98 Å². The lowest BCUT2D eigenvalue weighted by Crippen LogP contribution is -2.24. The van der Waals surface area contributed by atoms with Crippen molar-refractivity contribution < 1.29 is 4.57 Å². The van der Waals surface area contributed by atoms with Crippen molar-refractivity contribution >= 4 is 65.5 Å². The second-order valence-corrected chi connectivity index (χ2v) is 14.5. The maximum atomic E-state index is 14.8. The van der Waals surface area contributed by atoms with Gasteiger partial charge < -0.3 is 4.57 Å². The average Bonchev–Trinajstić information content (AvgIpc) is 3.49. The van der Waals surface area contributed by atoms with E-state index >= 15 is 0 Å². The zero-order valence-electron chi connectivity index (χ0n) is 23.2. The molecule has 4 heteroatoms. The summed E-state index contributed by atoms with van der Waals surface area (Å²) in [6.45, 7) is 0. The number of aromatic nitrogens is 1. The van der Waals surface area contributed by atoms with Gasteiger partial charge in [0.15, 0.2) is 7.14 Å². The van der Waals surface area contributed by atoms with E-state index in [1.165, 1.54) is 20.2 Å². The summed E-state index contributed by atoms with van der Waals surface area (Å²) in [5.41, 5.74) is 5.33. The predicted octanol–water partition coefficient (Wildman–Crippen LogP) is 9.58. The molecule has 2 aromatic heterocycles.